The van der Waals surface area contributed by atoms with Crippen LogP contribution in [0, 0.1) is 0 Å². The summed E-state index contributed by atoms with van der Waals surface area (Å²) in [5.74, 6) is -1.03. The summed E-state index contributed by atoms with van der Waals surface area (Å²) in [6.07, 6.45) is 0.518. The van der Waals surface area contributed by atoms with E-state index in [1.807, 2.05) is 13.0 Å². The first-order chi connectivity index (χ1) is 9.93. The maximum absolute atomic E-state index is 12.1. The van der Waals surface area contributed by atoms with Crippen molar-refractivity contribution in [2.45, 2.75) is 31.3 Å². The minimum Gasteiger partial charge on any atom is -0.480 e. The van der Waals surface area contributed by atoms with Gasteiger partial charge in [0.05, 0.1) is 10.4 Å². The van der Waals surface area contributed by atoms with Gasteiger partial charge in [-0.1, -0.05) is 11.6 Å². The van der Waals surface area contributed by atoms with Gasteiger partial charge in [-0.25, -0.2) is 9.59 Å². The number of ether oxygens (including phenoxy) is 1. The number of nitrogens with one attached hydrogen (secondary N) is 2. The Balaban J connectivity index is 1.98. The lowest BCUT2D eigenvalue weighted by molar-refractivity contribution is -0.148. The van der Waals surface area contributed by atoms with E-state index in [9.17, 15) is 14.7 Å². The summed E-state index contributed by atoms with van der Waals surface area (Å²) in [6.45, 7) is 2.46. The molecule has 0 saturated carbocycles. The smallest absolute Gasteiger partial charge is 0.329 e. The predicted octanol–water partition coefficient (Wildman–Crippen LogP) is 2.40. The molecule has 2 rings (SSSR count). The molecular weight excluding hydrogens is 316 g/mol. The highest BCUT2D eigenvalue weighted by Crippen LogP contribution is 2.27. The van der Waals surface area contributed by atoms with Gasteiger partial charge in [-0.2, -0.15) is 0 Å². The summed E-state index contributed by atoms with van der Waals surface area (Å²) < 4.78 is 5.81. The molecule has 0 radical (unpaired) electrons. The Hall–Kier alpha value is -1.31. The molecule has 1 atom stereocenters. The molecule has 1 fully saturated rings. The van der Waals surface area contributed by atoms with Crippen LogP contribution in [0.25, 0.3) is 0 Å². The molecule has 1 aliphatic heterocycles. The number of thiophene rings is 1. The number of carbonyl (C=O) groups excluding carboxylic acids is 1. The Bertz CT molecular complexity index is 528. The second kappa shape index (κ2) is 6.64. The Morgan fingerprint density at radius 2 is 2.10 bits per heavy atom. The molecule has 1 unspecified atom stereocenters. The number of rotatable bonds is 4. The largest absolute Gasteiger partial charge is 0.480 e. The van der Waals surface area contributed by atoms with Crippen molar-refractivity contribution in [2.24, 2.45) is 0 Å². The van der Waals surface area contributed by atoms with Crippen molar-refractivity contribution in [3.8, 4) is 0 Å². The first kappa shape index (κ1) is 16.1. The zero-order chi connectivity index (χ0) is 15.5. The number of urea groups is 1. The molecule has 1 aliphatic rings. The van der Waals surface area contributed by atoms with E-state index in [1.54, 1.807) is 6.07 Å². The van der Waals surface area contributed by atoms with Gasteiger partial charge in [0.2, 0.25) is 0 Å². The van der Waals surface area contributed by atoms with Gasteiger partial charge in [-0.15, -0.1) is 11.3 Å². The Morgan fingerprint density at radius 3 is 2.62 bits per heavy atom. The van der Waals surface area contributed by atoms with Crippen LogP contribution in [0.2, 0.25) is 4.34 Å². The molecule has 6 nitrogen and oxygen atoms in total. The fourth-order valence-electron chi connectivity index (χ4n) is 2.19. The van der Waals surface area contributed by atoms with Gasteiger partial charge in [0.25, 0.3) is 0 Å². The number of halogens is 1. The van der Waals surface area contributed by atoms with E-state index in [0.29, 0.717) is 17.6 Å². The molecule has 2 amide bonds. The molecule has 116 valence electrons. The third-order valence-electron chi connectivity index (χ3n) is 3.48. The normalized spacial score (nSPS) is 18.8. The van der Waals surface area contributed by atoms with E-state index in [-0.39, 0.29) is 18.9 Å². The summed E-state index contributed by atoms with van der Waals surface area (Å²) in [6, 6.07) is 2.85. The molecule has 0 spiro atoms. The van der Waals surface area contributed by atoms with E-state index in [1.165, 1.54) is 11.3 Å². The fourth-order valence-corrected chi connectivity index (χ4v) is 3.26. The van der Waals surface area contributed by atoms with Crippen LogP contribution >= 0.6 is 22.9 Å². The summed E-state index contributed by atoms with van der Waals surface area (Å²) in [5, 5.41) is 14.7. The number of aliphatic carboxylic acids is 1. The third-order valence-corrected chi connectivity index (χ3v) is 4.89. The SMILES string of the molecule is CC(NC(=O)NC1(C(=O)O)CCOCC1)c1ccc(Cl)s1. The lowest BCUT2D eigenvalue weighted by atomic mass is 9.90. The molecule has 1 aromatic rings. The minimum absolute atomic E-state index is 0.242. The van der Waals surface area contributed by atoms with Crippen molar-refractivity contribution >= 4 is 34.9 Å². The Labute approximate surface area is 131 Å². The zero-order valence-corrected chi connectivity index (χ0v) is 13.1. The van der Waals surface area contributed by atoms with E-state index in [0.717, 1.165) is 4.88 Å². The number of carboxylic acids is 1. The standard InChI is InChI=1S/C13H17ClN2O4S/c1-8(9-2-3-10(14)21-9)15-12(19)16-13(11(17)18)4-6-20-7-5-13/h2-3,8H,4-7H2,1H3,(H,17,18)(H2,15,16,19). The van der Waals surface area contributed by atoms with Crippen molar-refractivity contribution in [1.82, 2.24) is 10.6 Å². The second-order valence-electron chi connectivity index (χ2n) is 4.96. The topological polar surface area (TPSA) is 87.7 Å². The lowest BCUT2D eigenvalue weighted by Crippen LogP contribution is -2.59. The molecule has 1 saturated heterocycles. The molecule has 0 bridgehead atoms. The van der Waals surface area contributed by atoms with Gasteiger partial charge in [0, 0.05) is 30.9 Å². The van der Waals surface area contributed by atoms with E-state index in [2.05, 4.69) is 10.6 Å². The molecule has 2 heterocycles. The van der Waals surface area contributed by atoms with Crippen LogP contribution < -0.4 is 10.6 Å². The molecule has 21 heavy (non-hydrogen) atoms. The van der Waals surface area contributed by atoms with Crippen LogP contribution in [0.5, 0.6) is 0 Å². The van der Waals surface area contributed by atoms with Gasteiger partial charge in [-0.3, -0.25) is 0 Å². The number of carbonyl (C=O) groups is 2. The second-order valence-corrected chi connectivity index (χ2v) is 6.71. The predicted molar refractivity (Wildman–Crippen MR) is 79.8 cm³/mol. The monoisotopic (exact) mass is 332 g/mol. The van der Waals surface area contributed by atoms with Crippen molar-refractivity contribution in [3.63, 3.8) is 0 Å². The van der Waals surface area contributed by atoms with Gasteiger partial charge in [0.15, 0.2) is 0 Å². The Morgan fingerprint density at radius 1 is 1.43 bits per heavy atom. The summed E-state index contributed by atoms with van der Waals surface area (Å²) in [7, 11) is 0. The molecule has 3 N–H and O–H groups in total. The first-order valence-corrected chi connectivity index (χ1v) is 7.77. The summed E-state index contributed by atoms with van der Waals surface area (Å²) >= 11 is 7.23. The molecule has 0 aromatic carbocycles. The average molecular weight is 333 g/mol. The van der Waals surface area contributed by atoms with Crippen LogP contribution in [0.15, 0.2) is 12.1 Å². The number of hydrogen-bond donors (Lipinski definition) is 3. The van der Waals surface area contributed by atoms with E-state index in [4.69, 9.17) is 16.3 Å². The van der Waals surface area contributed by atoms with Gasteiger partial charge in [0.1, 0.15) is 5.54 Å². The highest BCUT2D eigenvalue weighted by Gasteiger charge is 2.41. The minimum atomic E-state index is -1.25. The maximum atomic E-state index is 12.1. The van der Waals surface area contributed by atoms with Crippen LogP contribution in [0.3, 0.4) is 0 Å². The highest BCUT2D eigenvalue weighted by molar-refractivity contribution is 7.16. The van der Waals surface area contributed by atoms with Crippen LogP contribution in [-0.4, -0.2) is 35.9 Å². The van der Waals surface area contributed by atoms with Crippen molar-refractivity contribution < 1.29 is 19.4 Å². The van der Waals surface area contributed by atoms with Crippen LogP contribution in [-0.2, 0) is 9.53 Å². The van der Waals surface area contributed by atoms with Gasteiger partial charge in [-0.05, 0) is 19.1 Å². The quantitative estimate of drug-likeness (QED) is 0.790. The van der Waals surface area contributed by atoms with Crippen molar-refractivity contribution in [2.75, 3.05) is 13.2 Å². The van der Waals surface area contributed by atoms with E-state index >= 15 is 0 Å². The van der Waals surface area contributed by atoms with Crippen molar-refractivity contribution in [3.05, 3.63) is 21.3 Å². The van der Waals surface area contributed by atoms with E-state index < -0.39 is 17.5 Å². The Kier molecular flexibility index (Phi) is 5.08. The third kappa shape index (κ3) is 3.87. The maximum Gasteiger partial charge on any atom is 0.329 e. The molecule has 0 aliphatic carbocycles. The highest BCUT2D eigenvalue weighted by atomic mass is 35.5. The number of hydrogen-bond acceptors (Lipinski definition) is 4. The van der Waals surface area contributed by atoms with Gasteiger partial charge >= 0.3 is 12.0 Å². The van der Waals surface area contributed by atoms with Crippen molar-refractivity contribution in [1.29, 1.82) is 0 Å². The van der Waals surface area contributed by atoms with Crippen LogP contribution in [0.4, 0.5) is 4.79 Å². The van der Waals surface area contributed by atoms with Gasteiger partial charge < -0.3 is 20.5 Å². The molecule has 8 heteroatoms. The first-order valence-electron chi connectivity index (χ1n) is 6.58. The molecule has 1 aromatic heterocycles. The number of amides is 2. The molecular formula is C13H17ClN2O4S. The van der Waals surface area contributed by atoms with Crippen LogP contribution in [0.1, 0.15) is 30.7 Å². The summed E-state index contributed by atoms with van der Waals surface area (Å²) in [5.41, 5.74) is -1.25. The average Bonchev–Trinajstić information content (AvgIpc) is 2.86. The lowest BCUT2D eigenvalue weighted by Gasteiger charge is -2.34. The zero-order valence-electron chi connectivity index (χ0n) is 11.5. The number of carboxylic acid groups (broad SMARTS) is 1. The fraction of sp³-hybridized carbons (Fsp3) is 0.538. The summed E-state index contributed by atoms with van der Waals surface area (Å²) in [4.78, 5) is 24.4.